The van der Waals surface area contributed by atoms with Gasteiger partial charge in [-0.15, -0.1) is 0 Å². The SMILES string of the molecule is CCOC(=O)[C@]12[C@H](CN(c3ccc(C#N)c(C(F)(F)F)c3)S1(=O)=O)[C@@H]1C=C[C@H]2C1. The topological polar surface area (TPSA) is 87.5 Å². The number of sulfonamides is 1. The lowest BCUT2D eigenvalue weighted by Gasteiger charge is -2.32. The number of carbonyl (C=O) groups excluding carboxylic acids is 1. The van der Waals surface area contributed by atoms with Gasteiger partial charge in [-0.25, -0.2) is 8.42 Å². The van der Waals surface area contributed by atoms with E-state index >= 15 is 0 Å². The van der Waals surface area contributed by atoms with Crippen LogP contribution in [0.5, 0.6) is 0 Å². The smallest absolute Gasteiger partial charge is 0.417 e. The number of nitrogens with zero attached hydrogens (tertiary/aromatic N) is 2. The van der Waals surface area contributed by atoms with Crippen molar-refractivity contribution in [1.82, 2.24) is 0 Å². The standard InChI is InChI=1S/C19H17F3N2O4S/c1-2-28-17(25)18-13-5-3-11(7-13)16(18)10-24(29(18,26)27)14-6-4-12(9-23)15(8-14)19(20,21)22/h3-6,8,11,13,16H,2,7,10H2,1H3/t11-,13+,16-,18+/m1/s1. The Labute approximate surface area is 165 Å². The third-order valence-corrected chi connectivity index (χ3v) is 8.69. The van der Waals surface area contributed by atoms with E-state index in [0.29, 0.717) is 12.5 Å². The summed E-state index contributed by atoms with van der Waals surface area (Å²) in [5.74, 6) is -2.20. The predicted molar refractivity (Wildman–Crippen MR) is 96.0 cm³/mol. The van der Waals surface area contributed by atoms with Crippen LogP contribution in [0, 0.1) is 29.1 Å². The van der Waals surface area contributed by atoms with Gasteiger partial charge in [0.1, 0.15) is 0 Å². The average Bonchev–Trinajstić information content (AvgIpc) is 3.31. The molecule has 29 heavy (non-hydrogen) atoms. The largest absolute Gasteiger partial charge is 0.465 e. The molecule has 1 aromatic carbocycles. The second kappa shape index (κ2) is 6.23. The van der Waals surface area contributed by atoms with Crippen molar-refractivity contribution in [3.05, 3.63) is 41.5 Å². The molecule has 2 fully saturated rings. The predicted octanol–water partition coefficient (Wildman–Crippen LogP) is 2.85. The molecule has 0 amide bonds. The fraction of sp³-hybridized carbons (Fsp3) is 0.474. The van der Waals surface area contributed by atoms with Crippen molar-refractivity contribution in [2.75, 3.05) is 17.5 Å². The first-order valence-electron chi connectivity index (χ1n) is 9.08. The van der Waals surface area contributed by atoms with E-state index in [-0.39, 0.29) is 24.8 Å². The summed E-state index contributed by atoms with van der Waals surface area (Å²) >= 11 is 0. The minimum Gasteiger partial charge on any atom is -0.465 e. The Balaban J connectivity index is 1.85. The molecule has 4 atom stereocenters. The molecule has 2 bridgehead atoms. The number of nitriles is 1. The summed E-state index contributed by atoms with van der Waals surface area (Å²) < 4.78 is 71.4. The second-order valence-electron chi connectivity index (χ2n) is 7.39. The third-order valence-electron chi connectivity index (χ3n) is 6.13. The summed E-state index contributed by atoms with van der Waals surface area (Å²) in [6.07, 6.45) is -0.762. The maximum atomic E-state index is 13.6. The van der Waals surface area contributed by atoms with Crippen molar-refractivity contribution >= 4 is 21.7 Å². The Morgan fingerprint density at radius 3 is 2.72 bits per heavy atom. The molecule has 2 aliphatic carbocycles. The van der Waals surface area contributed by atoms with Gasteiger partial charge >= 0.3 is 12.1 Å². The van der Waals surface area contributed by atoms with Gasteiger partial charge in [-0.2, -0.15) is 18.4 Å². The number of rotatable bonds is 3. The molecule has 1 aliphatic heterocycles. The Bertz CT molecular complexity index is 1060. The number of anilines is 1. The van der Waals surface area contributed by atoms with Gasteiger partial charge in [0.2, 0.25) is 0 Å². The molecule has 0 unspecified atom stereocenters. The number of benzene rings is 1. The Morgan fingerprint density at radius 1 is 1.38 bits per heavy atom. The Morgan fingerprint density at radius 2 is 2.10 bits per heavy atom. The number of alkyl halides is 3. The van der Waals surface area contributed by atoms with Gasteiger partial charge < -0.3 is 4.74 Å². The zero-order chi connectivity index (χ0) is 21.2. The van der Waals surface area contributed by atoms with Crippen LogP contribution in [-0.4, -0.2) is 32.3 Å². The first kappa shape index (κ1) is 19.8. The van der Waals surface area contributed by atoms with E-state index in [4.69, 9.17) is 10.00 Å². The van der Waals surface area contributed by atoms with Gasteiger partial charge in [0.25, 0.3) is 10.0 Å². The van der Waals surface area contributed by atoms with Gasteiger partial charge in [0.05, 0.1) is 29.5 Å². The van der Waals surface area contributed by atoms with E-state index in [1.807, 2.05) is 6.08 Å². The quantitative estimate of drug-likeness (QED) is 0.548. The molecule has 1 saturated carbocycles. The minimum atomic E-state index is -4.82. The molecule has 0 spiro atoms. The molecule has 0 radical (unpaired) electrons. The second-order valence-corrected chi connectivity index (χ2v) is 9.45. The monoisotopic (exact) mass is 426 g/mol. The molecule has 1 aromatic rings. The average molecular weight is 426 g/mol. The lowest BCUT2D eigenvalue weighted by molar-refractivity contribution is -0.148. The summed E-state index contributed by atoms with van der Waals surface area (Å²) in [5, 5.41) is 8.97. The molecule has 1 saturated heterocycles. The molecule has 1 heterocycles. The van der Waals surface area contributed by atoms with Crippen molar-refractivity contribution in [2.24, 2.45) is 17.8 Å². The van der Waals surface area contributed by atoms with Crippen molar-refractivity contribution in [1.29, 1.82) is 5.26 Å². The number of ether oxygens (including phenoxy) is 1. The van der Waals surface area contributed by atoms with Gasteiger partial charge in [0, 0.05) is 18.4 Å². The van der Waals surface area contributed by atoms with Crippen LogP contribution >= 0.6 is 0 Å². The number of hydrogen-bond acceptors (Lipinski definition) is 5. The van der Waals surface area contributed by atoms with Crippen LogP contribution in [0.4, 0.5) is 18.9 Å². The first-order valence-corrected chi connectivity index (χ1v) is 10.5. The molecular formula is C19H17F3N2O4S. The number of fused-ring (bicyclic) bond motifs is 5. The van der Waals surface area contributed by atoms with Crippen LogP contribution in [0.25, 0.3) is 0 Å². The van der Waals surface area contributed by atoms with Crippen LogP contribution < -0.4 is 4.31 Å². The zero-order valence-electron chi connectivity index (χ0n) is 15.3. The van der Waals surface area contributed by atoms with E-state index in [9.17, 15) is 26.4 Å². The highest BCUT2D eigenvalue weighted by Gasteiger charge is 2.74. The third kappa shape index (κ3) is 2.46. The van der Waals surface area contributed by atoms with Crippen LogP contribution in [-0.2, 0) is 25.7 Å². The van der Waals surface area contributed by atoms with Crippen LogP contribution in [0.15, 0.2) is 30.4 Å². The van der Waals surface area contributed by atoms with E-state index in [1.54, 1.807) is 13.0 Å². The zero-order valence-corrected chi connectivity index (χ0v) is 16.1. The van der Waals surface area contributed by atoms with E-state index < -0.39 is 49.9 Å². The van der Waals surface area contributed by atoms with Crippen molar-refractivity contribution in [2.45, 2.75) is 24.3 Å². The highest BCUT2D eigenvalue weighted by atomic mass is 32.2. The highest BCUT2D eigenvalue weighted by Crippen LogP contribution is 2.60. The molecule has 0 aromatic heterocycles. The molecule has 6 nitrogen and oxygen atoms in total. The molecule has 4 rings (SSSR count). The summed E-state index contributed by atoms with van der Waals surface area (Å²) in [6, 6.07) is 4.25. The van der Waals surface area contributed by atoms with Crippen LogP contribution in [0.3, 0.4) is 0 Å². The normalized spacial score (nSPS) is 31.6. The Kier molecular flexibility index (Phi) is 4.24. The summed E-state index contributed by atoms with van der Waals surface area (Å²) in [6.45, 7) is 1.46. The van der Waals surface area contributed by atoms with Gasteiger partial charge in [0.15, 0.2) is 4.75 Å². The van der Waals surface area contributed by atoms with Crippen molar-refractivity contribution < 1.29 is 31.1 Å². The number of carbonyl (C=O) groups is 1. The number of esters is 1. The molecule has 0 N–H and O–H groups in total. The number of halogens is 3. The maximum Gasteiger partial charge on any atom is 0.417 e. The van der Waals surface area contributed by atoms with Gasteiger partial charge in [-0.05, 0) is 37.5 Å². The van der Waals surface area contributed by atoms with Crippen LogP contribution in [0.2, 0.25) is 0 Å². The van der Waals surface area contributed by atoms with E-state index in [2.05, 4.69) is 0 Å². The number of hydrogen-bond donors (Lipinski definition) is 0. The minimum absolute atomic E-state index is 0.000980. The van der Waals surface area contributed by atoms with Crippen molar-refractivity contribution in [3.8, 4) is 6.07 Å². The fourth-order valence-corrected chi connectivity index (χ4v) is 7.54. The highest BCUT2D eigenvalue weighted by molar-refractivity contribution is 7.95. The maximum absolute atomic E-state index is 13.6. The molecule has 154 valence electrons. The summed E-state index contributed by atoms with van der Waals surface area (Å²) in [7, 11) is -4.36. The lowest BCUT2D eigenvalue weighted by atomic mass is 9.82. The Hall–Kier alpha value is -2.54. The van der Waals surface area contributed by atoms with Crippen molar-refractivity contribution in [3.63, 3.8) is 0 Å². The summed E-state index contributed by atoms with van der Waals surface area (Å²) in [4.78, 5) is 12.9. The molecular weight excluding hydrogens is 409 g/mol. The van der Waals surface area contributed by atoms with E-state index in [1.165, 1.54) is 12.1 Å². The summed E-state index contributed by atoms with van der Waals surface area (Å²) in [5.41, 5.74) is -2.02. The van der Waals surface area contributed by atoms with Gasteiger partial charge in [-0.1, -0.05) is 12.2 Å². The first-order chi connectivity index (χ1) is 13.6. The fourth-order valence-electron chi connectivity index (χ4n) is 4.96. The van der Waals surface area contributed by atoms with Crippen LogP contribution in [0.1, 0.15) is 24.5 Å². The van der Waals surface area contributed by atoms with Gasteiger partial charge in [-0.3, -0.25) is 9.10 Å². The number of allylic oxidation sites excluding steroid dienone is 2. The van der Waals surface area contributed by atoms with E-state index in [0.717, 1.165) is 10.4 Å². The molecule has 3 aliphatic rings. The molecule has 10 heteroatoms. The lowest BCUT2D eigenvalue weighted by Crippen LogP contribution is -2.54.